The molecule has 1 unspecified atom stereocenters. The molecule has 2 aromatic rings. The first kappa shape index (κ1) is 22.4. The van der Waals surface area contributed by atoms with Crippen molar-refractivity contribution >= 4 is 29.3 Å². The van der Waals surface area contributed by atoms with Gasteiger partial charge in [-0.1, -0.05) is 43.5 Å². The summed E-state index contributed by atoms with van der Waals surface area (Å²) in [4.78, 5) is 39.8. The Morgan fingerprint density at radius 2 is 1.79 bits per heavy atom. The highest BCUT2D eigenvalue weighted by molar-refractivity contribution is 6.23. The van der Waals surface area contributed by atoms with E-state index in [1.807, 2.05) is 0 Å². The molecule has 3 N–H and O–H groups in total. The molecule has 3 aliphatic rings. The number of carbonyl (C=O) groups excluding carboxylic acids is 3. The molecule has 7 nitrogen and oxygen atoms in total. The second-order valence-corrected chi connectivity index (χ2v) is 9.80. The Balaban J connectivity index is 1.34. The number of hydrogen-bond donors (Lipinski definition) is 3. The van der Waals surface area contributed by atoms with E-state index in [2.05, 4.69) is 16.0 Å². The summed E-state index contributed by atoms with van der Waals surface area (Å²) in [5.41, 5.74) is -0.328. The number of hydrogen-bond acceptors (Lipinski definition) is 3. The molecule has 178 valence electrons. The number of imide groups is 1. The topological polar surface area (TPSA) is 90.5 Å². The Morgan fingerprint density at radius 1 is 1.06 bits per heavy atom. The highest BCUT2D eigenvalue weighted by atomic mass is 19.1. The monoisotopic (exact) mass is 464 g/mol. The van der Waals surface area contributed by atoms with Crippen LogP contribution in [0.1, 0.15) is 57.4 Å². The molecule has 0 spiro atoms. The molecule has 2 aromatic carbocycles. The standard InChI is InChI=1S/C26H29FN4O3/c1-25(17-12-13-17)22(32)31(24(34)30-25)19-9-7-8-18(16-19)28-23(33)29-26(14-5-2-6-15-26)20-10-3-4-11-21(20)27/h3-4,7-11,16-17H,2,5-6,12-15H2,1H3,(H,30,34)(H2,28,29,33). The van der Waals surface area contributed by atoms with Gasteiger partial charge in [0.2, 0.25) is 0 Å². The van der Waals surface area contributed by atoms with Gasteiger partial charge in [-0.3, -0.25) is 4.79 Å². The van der Waals surface area contributed by atoms with Crippen LogP contribution in [0, 0.1) is 11.7 Å². The van der Waals surface area contributed by atoms with Crippen LogP contribution < -0.4 is 20.9 Å². The lowest BCUT2D eigenvalue weighted by Crippen LogP contribution is -2.49. The number of benzene rings is 2. The average molecular weight is 465 g/mol. The van der Waals surface area contributed by atoms with Crippen LogP contribution in [0.25, 0.3) is 0 Å². The first-order chi connectivity index (χ1) is 16.3. The number of anilines is 2. The zero-order chi connectivity index (χ0) is 23.9. The molecule has 5 rings (SSSR count). The SMILES string of the molecule is CC1(C2CC2)NC(=O)N(c2cccc(NC(=O)NC3(c4ccccc4F)CCCCC3)c2)C1=O. The number of carbonyl (C=O) groups is 3. The highest BCUT2D eigenvalue weighted by Crippen LogP contribution is 2.43. The van der Waals surface area contributed by atoms with E-state index in [-0.39, 0.29) is 17.6 Å². The minimum atomic E-state index is -0.884. The number of halogens is 1. The van der Waals surface area contributed by atoms with Gasteiger partial charge in [-0.15, -0.1) is 0 Å². The highest BCUT2D eigenvalue weighted by Gasteiger charge is 2.56. The van der Waals surface area contributed by atoms with Gasteiger partial charge in [-0.05, 0) is 62.8 Å². The van der Waals surface area contributed by atoms with Crippen molar-refractivity contribution in [3.8, 4) is 0 Å². The van der Waals surface area contributed by atoms with E-state index < -0.39 is 23.1 Å². The number of urea groups is 2. The van der Waals surface area contributed by atoms with E-state index in [1.54, 1.807) is 49.4 Å². The summed E-state index contributed by atoms with van der Waals surface area (Å²) in [5.74, 6) is -0.447. The first-order valence-corrected chi connectivity index (χ1v) is 11.9. The Hall–Kier alpha value is -3.42. The maximum absolute atomic E-state index is 14.7. The largest absolute Gasteiger partial charge is 0.329 e. The third-order valence-electron chi connectivity index (χ3n) is 7.42. The molecule has 1 heterocycles. The molecule has 0 radical (unpaired) electrons. The second-order valence-electron chi connectivity index (χ2n) is 9.80. The number of rotatable bonds is 5. The van der Waals surface area contributed by atoms with Gasteiger partial charge in [0, 0.05) is 11.3 Å². The van der Waals surface area contributed by atoms with Crippen molar-refractivity contribution in [2.75, 3.05) is 10.2 Å². The molecular weight excluding hydrogens is 435 g/mol. The lowest BCUT2D eigenvalue weighted by molar-refractivity contribution is -0.122. The Kier molecular flexibility index (Phi) is 5.54. The first-order valence-electron chi connectivity index (χ1n) is 11.9. The van der Waals surface area contributed by atoms with Crippen LogP contribution >= 0.6 is 0 Å². The fourth-order valence-electron chi connectivity index (χ4n) is 5.40. The van der Waals surface area contributed by atoms with Gasteiger partial charge in [0.05, 0.1) is 11.2 Å². The fraction of sp³-hybridized carbons (Fsp3) is 0.423. The van der Waals surface area contributed by atoms with Crippen molar-refractivity contribution in [1.82, 2.24) is 10.6 Å². The predicted molar refractivity (Wildman–Crippen MR) is 127 cm³/mol. The third kappa shape index (κ3) is 3.91. The summed E-state index contributed by atoms with van der Waals surface area (Å²) >= 11 is 0. The van der Waals surface area contributed by atoms with Gasteiger partial charge in [0.25, 0.3) is 5.91 Å². The van der Waals surface area contributed by atoms with Crippen LogP contribution in [0.15, 0.2) is 48.5 Å². The van der Waals surface area contributed by atoms with Crippen LogP contribution in [0.5, 0.6) is 0 Å². The van der Waals surface area contributed by atoms with E-state index in [9.17, 15) is 18.8 Å². The van der Waals surface area contributed by atoms with Crippen LogP contribution in [0.3, 0.4) is 0 Å². The van der Waals surface area contributed by atoms with Crippen molar-refractivity contribution in [2.45, 2.75) is 62.9 Å². The predicted octanol–water partition coefficient (Wildman–Crippen LogP) is 5.03. The Labute approximate surface area is 198 Å². The minimum Gasteiger partial charge on any atom is -0.328 e. The molecule has 0 aromatic heterocycles. The van der Waals surface area contributed by atoms with E-state index in [1.165, 1.54) is 6.07 Å². The van der Waals surface area contributed by atoms with Crippen molar-refractivity contribution in [3.63, 3.8) is 0 Å². The molecule has 1 aliphatic heterocycles. The maximum Gasteiger partial charge on any atom is 0.329 e. The van der Waals surface area contributed by atoms with E-state index in [0.29, 0.717) is 29.8 Å². The molecule has 2 saturated carbocycles. The van der Waals surface area contributed by atoms with E-state index >= 15 is 0 Å². The molecule has 34 heavy (non-hydrogen) atoms. The van der Waals surface area contributed by atoms with Crippen molar-refractivity contribution in [1.29, 1.82) is 0 Å². The van der Waals surface area contributed by atoms with Crippen LogP contribution in [0.4, 0.5) is 25.4 Å². The Bertz CT molecular complexity index is 1140. The molecule has 3 fully saturated rings. The molecular formula is C26H29FN4O3. The van der Waals surface area contributed by atoms with Crippen LogP contribution in [-0.4, -0.2) is 23.5 Å². The van der Waals surface area contributed by atoms with Crippen molar-refractivity contribution in [2.24, 2.45) is 5.92 Å². The lowest BCUT2D eigenvalue weighted by atomic mass is 9.76. The molecule has 1 saturated heterocycles. The molecule has 8 heteroatoms. The zero-order valence-corrected chi connectivity index (χ0v) is 19.2. The average Bonchev–Trinajstić information content (AvgIpc) is 3.63. The van der Waals surface area contributed by atoms with Gasteiger partial charge in [0.15, 0.2) is 0 Å². The number of nitrogens with one attached hydrogen (secondary N) is 3. The Morgan fingerprint density at radius 3 is 2.50 bits per heavy atom. The summed E-state index contributed by atoms with van der Waals surface area (Å²) in [6.45, 7) is 1.77. The normalized spacial score (nSPS) is 24.0. The molecule has 1 atom stereocenters. The van der Waals surface area contributed by atoms with Gasteiger partial charge in [0.1, 0.15) is 11.4 Å². The molecule has 0 bridgehead atoms. The summed E-state index contributed by atoms with van der Waals surface area (Å²) in [7, 11) is 0. The molecule has 5 amide bonds. The third-order valence-corrected chi connectivity index (χ3v) is 7.42. The van der Waals surface area contributed by atoms with Crippen LogP contribution in [0.2, 0.25) is 0 Å². The fourth-order valence-corrected chi connectivity index (χ4v) is 5.40. The van der Waals surface area contributed by atoms with Crippen molar-refractivity contribution < 1.29 is 18.8 Å². The quantitative estimate of drug-likeness (QED) is 0.542. The lowest BCUT2D eigenvalue weighted by Gasteiger charge is -2.38. The molecule has 2 aliphatic carbocycles. The minimum absolute atomic E-state index is 0.158. The zero-order valence-electron chi connectivity index (χ0n) is 19.2. The second kappa shape index (κ2) is 8.42. The van der Waals surface area contributed by atoms with Gasteiger partial charge in [-0.2, -0.15) is 0 Å². The maximum atomic E-state index is 14.7. The van der Waals surface area contributed by atoms with Gasteiger partial charge in [-0.25, -0.2) is 18.9 Å². The van der Waals surface area contributed by atoms with Crippen molar-refractivity contribution in [3.05, 3.63) is 59.9 Å². The summed E-state index contributed by atoms with van der Waals surface area (Å²) in [6, 6.07) is 12.3. The van der Waals surface area contributed by atoms with E-state index in [4.69, 9.17) is 0 Å². The summed E-state index contributed by atoms with van der Waals surface area (Å²) in [6.07, 6.45) is 6.00. The summed E-state index contributed by atoms with van der Waals surface area (Å²) in [5, 5.41) is 8.68. The summed E-state index contributed by atoms with van der Waals surface area (Å²) < 4.78 is 14.7. The smallest absolute Gasteiger partial charge is 0.328 e. The number of nitrogens with zero attached hydrogens (tertiary/aromatic N) is 1. The van der Waals surface area contributed by atoms with Gasteiger partial charge < -0.3 is 16.0 Å². The van der Waals surface area contributed by atoms with Crippen LogP contribution in [-0.2, 0) is 10.3 Å². The van der Waals surface area contributed by atoms with Gasteiger partial charge >= 0.3 is 12.1 Å². The van der Waals surface area contributed by atoms with E-state index in [0.717, 1.165) is 37.0 Å². The number of amides is 5.